The molecule has 0 fully saturated rings. The van der Waals surface area contributed by atoms with E-state index in [0.717, 1.165) is 12.8 Å². The molecular formula is C13H19N5O3. The molecule has 8 nitrogen and oxygen atoms in total. The molecule has 21 heavy (non-hydrogen) atoms. The molecule has 0 bridgehead atoms. The van der Waals surface area contributed by atoms with Crippen molar-refractivity contribution in [2.24, 2.45) is 17.7 Å². The van der Waals surface area contributed by atoms with Gasteiger partial charge in [-0.1, -0.05) is 19.1 Å². The second-order valence-corrected chi connectivity index (χ2v) is 5.18. The minimum Gasteiger partial charge on any atom is -0.472 e. The zero-order valence-corrected chi connectivity index (χ0v) is 12.1. The average Bonchev–Trinajstić information content (AvgIpc) is 2.45. The van der Waals surface area contributed by atoms with Crippen LogP contribution in [0, 0.1) is 28.9 Å². The van der Waals surface area contributed by atoms with Crippen molar-refractivity contribution in [2.45, 2.75) is 26.7 Å². The number of aromatic nitrogens is 2. The smallest absolute Gasteiger partial charge is 0.352 e. The van der Waals surface area contributed by atoms with Crippen LogP contribution in [-0.2, 0) is 0 Å². The molecule has 3 N–H and O–H groups in total. The summed E-state index contributed by atoms with van der Waals surface area (Å²) in [4.78, 5) is 18.5. The fourth-order valence-corrected chi connectivity index (χ4v) is 2.34. The van der Waals surface area contributed by atoms with E-state index in [1.807, 2.05) is 0 Å². The number of hydrogen-bond donors (Lipinski definition) is 2. The Bertz CT molecular complexity index is 561. The predicted molar refractivity (Wildman–Crippen MR) is 77.8 cm³/mol. The third-order valence-corrected chi connectivity index (χ3v) is 3.69. The number of ether oxygens (including phenoxy) is 1. The average molecular weight is 293 g/mol. The van der Waals surface area contributed by atoms with Gasteiger partial charge in [-0.15, -0.1) is 0 Å². The third kappa shape index (κ3) is 3.46. The second-order valence-electron chi connectivity index (χ2n) is 5.18. The number of allylic oxidation sites excluding steroid dienone is 2. The van der Waals surface area contributed by atoms with Crippen LogP contribution in [0.1, 0.15) is 25.5 Å². The largest absolute Gasteiger partial charge is 0.472 e. The highest BCUT2D eigenvalue weighted by Gasteiger charge is 2.26. The summed E-state index contributed by atoms with van der Waals surface area (Å²) in [6.07, 6.45) is 6.16. The van der Waals surface area contributed by atoms with E-state index in [9.17, 15) is 10.1 Å². The first kappa shape index (κ1) is 15.2. The number of nitrogen functional groups attached to an aromatic ring is 1. The molecule has 0 saturated heterocycles. The van der Waals surface area contributed by atoms with Gasteiger partial charge in [0.15, 0.2) is 0 Å². The van der Waals surface area contributed by atoms with Crippen molar-refractivity contribution in [2.75, 3.05) is 12.0 Å². The summed E-state index contributed by atoms with van der Waals surface area (Å²) in [6.45, 7) is 4.05. The minimum atomic E-state index is -0.533. The van der Waals surface area contributed by atoms with E-state index in [-0.39, 0.29) is 23.2 Å². The van der Waals surface area contributed by atoms with Gasteiger partial charge in [0.25, 0.3) is 5.88 Å². The van der Waals surface area contributed by atoms with Crippen molar-refractivity contribution in [1.82, 2.24) is 9.97 Å². The topological polar surface area (TPSA) is 116 Å². The van der Waals surface area contributed by atoms with E-state index < -0.39 is 4.92 Å². The van der Waals surface area contributed by atoms with Crippen LogP contribution in [0.15, 0.2) is 12.2 Å². The first-order valence-electron chi connectivity index (χ1n) is 6.80. The Morgan fingerprint density at radius 2 is 2.19 bits per heavy atom. The Balaban J connectivity index is 2.19. The summed E-state index contributed by atoms with van der Waals surface area (Å²) in [6, 6.07) is 0. The molecule has 8 heteroatoms. The highest BCUT2D eigenvalue weighted by Crippen LogP contribution is 2.31. The summed E-state index contributed by atoms with van der Waals surface area (Å²) >= 11 is 0. The number of nitrogens with two attached hydrogens (primary N) is 1. The van der Waals surface area contributed by atoms with Crippen molar-refractivity contribution in [3.63, 3.8) is 0 Å². The van der Waals surface area contributed by atoms with Gasteiger partial charge in [0.2, 0.25) is 5.95 Å². The van der Waals surface area contributed by atoms with Gasteiger partial charge in [-0.05, 0) is 31.6 Å². The maximum atomic E-state index is 11.1. The number of rotatable bonds is 5. The van der Waals surface area contributed by atoms with Crippen LogP contribution in [0.4, 0.5) is 11.6 Å². The molecule has 1 aliphatic carbocycles. The first-order chi connectivity index (χ1) is 10.0. The lowest BCUT2D eigenvalue weighted by atomic mass is 9.85. The second kappa shape index (κ2) is 6.49. The summed E-state index contributed by atoms with van der Waals surface area (Å²) < 4.78 is 5.61. The maximum absolute atomic E-state index is 11.1. The van der Waals surface area contributed by atoms with Crippen molar-refractivity contribution >= 4 is 11.6 Å². The zero-order valence-electron chi connectivity index (χ0n) is 12.1. The molecule has 0 radical (unpaired) electrons. The Labute approximate surface area is 122 Å². The molecule has 1 heterocycles. The number of hydrogen-bond acceptors (Lipinski definition) is 7. The van der Waals surface area contributed by atoms with Crippen LogP contribution in [0.25, 0.3) is 0 Å². The van der Waals surface area contributed by atoms with Crippen molar-refractivity contribution in [3.8, 4) is 5.88 Å². The van der Waals surface area contributed by atoms with Gasteiger partial charge in [-0.2, -0.15) is 4.98 Å². The maximum Gasteiger partial charge on any atom is 0.352 e. The van der Waals surface area contributed by atoms with E-state index in [0.29, 0.717) is 18.4 Å². The molecule has 2 unspecified atom stereocenters. The lowest BCUT2D eigenvalue weighted by Gasteiger charge is -2.24. The van der Waals surface area contributed by atoms with Gasteiger partial charge < -0.3 is 4.74 Å². The number of nitrogens with zero attached hydrogens (tertiary/aromatic N) is 3. The van der Waals surface area contributed by atoms with Crippen LogP contribution in [0.5, 0.6) is 5.88 Å². The number of hydrazine groups is 1. The Morgan fingerprint density at radius 3 is 2.81 bits per heavy atom. The van der Waals surface area contributed by atoms with E-state index >= 15 is 0 Å². The van der Waals surface area contributed by atoms with Crippen LogP contribution >= 0.6 is 0 Å². The van der Waals surface area contributed by atoms with Gasteiger partial charge in [-0.25, -0.2) is 10.8 Å². The van der Waals surface area contributed by atoms with E-state index in [4.69, 9.17) is 10.6 Å². The predicted octanol–water partition coefficient (Wildman–Crippen LogP) is 1.96. The van der Waals surface area contributed by atoms with Gasteiger partial charge in [0.05, 0.1) is 11.5 Å². The molecule has 0 aliphatic heterocycles. The molecule has 0 spiro atoms. The van der Waals surface area contributed by atoms with Gasteiger partial charge in [0.1, 0.15) is 5.69 Å². The molecule has 1 aromatic heterocycles. The molecule has 1 aliphatic rings. The van der Waals surface area contributed by atoms with Crippen LogP contribution in [0.3, 0.4) is 0 Å². The summed E-state index contributed by atoms with van der Waals surface area (Å²) in [5.41, 5.74) is 2.29. The van der Waals surface area contributed by atoms with Crippen LogP contribution in [-0.4, -0.2) is 21.5 Å². The van der Waals surface area contributed by atoms with Crippen molar-refractivity contribution < 1.29 is 9.66 Å². The number of aryl methyl sites for hydroxylation is 1. The van der Waals surface area contributed by atoms with E-state index in [2.05, 4.69) is 34.5 Å². The highest BCUT2D eigenvalue weighted by atomic mass is 16.6. The van der Waals surface area contributed by atoms with Crippen molar-refractivity contribution in [1.29, 1.82) is 0 Å². The monoisotopic (exact) mass is 293 g/mol. The van der Waals surface area contributed by atoms with Crippen LogP contribution in [0.2, 0.25) is 0 Å². The number of anilines is 1. The fourth-order valence-electron chi connectivity index (χ4n) is 2.34. The Morgan fingerprint density at radius 1 is 1.48 bits per heavy atom. The normalized spacial score (nSPS) is 21.1. The van der Waals surface area contributed by atoms with Crippen molar-refractivity contribution in [3.05, 3.63) is 28.0 Å². The minimum absolute atomic E-state index is 0.0396. The standard InChI is InChI=1S/C13H19N5O3/c1-8-5-3-4-6-10(8)7-21-12-11(18(19)20)9(2)15-13(16-12)17-14/h3-4,8,10H,5-7,14H2,1-2H3,(H,15,16,17). The molecule has 0 saturated carbocycles. The fraction of sp³-hybridized carbons (Fsp3) is 0.538. The van der Waals surface area contributed by atoms with Gasteiger partial charge >= 0.3 is 5.69 Å². The number of nitrogens with one attached hydrogen (secondary N) is 1. The van der Waals surface area contributed by atoms with Crippen LogP contribution < -0.4 is 16.0 Å². The molecule has 1 aromatic rings. The van der Waals surface area contributed by atoms with E-state index in [1.165, 1.54) is 6.92 Å². The molecule has 114 valence electrons. The molecule has 0 amide bonds. The van der Waals surface area contributed by atoms with Gasteiger partial charge in [0, 0.05) is 0 Å². The number of nitro groups is 1. The molecule has 2 rings (SSSR count). The molecule has 2 atom stereocenters. The zero-order chi connectivity index (χ0) is 15.4. The quantitative estimate of drug-likeness (QED) is 0.369. The highest BCUT2D eigenvalue weighted by molar-refractivity contribution is 5.48. The lowest BCUT2D eigenvalue weighted by molar-refractivity contribution is -0.387. The summed E-state index contributed by atoms with van der Waals surface area (Å²) in [7, 11) is 0. The lowest BCUT2D eigenvalue weighted by Crippen LogP contribution is -2.22. The van der Waals surface area contributed by atoms with E-state index in [1.54, 1.807) is 0 Å². The third-order valence-electron chi connectivity index (χ3n) is 3.69. The molecule has 0 aromatic carbocycles. The Kier molecular flexibility index (Phi) is 4.69. The summed E-state index contributed by atoms with van der Waals surface area (Å²) in [5, 5.41) is 11.1. The SMILES string of the molecule is Cc1nc(NN)nc(OCC2CC=CCC2C)c1[N+](=O)[O-]. The summed E-state index contributed by atoms with van der Waals surface area (Å²) in [5.74, 6) is 6.12. The Hall–Kier alpha value is -2.22. The van der Waals surface area contributed by atoms with Gasteiger partial charge in [-0.3, -0.25) is 15.5 Å². The molecular weight excluding hydrogens is 274 g/mol. The first-order valence-corrected chi connectivity index (χ1v) is 6.80.